The van der Waals surface area contributed by atoms with Gasteiger partial charge in [0, 0.05) is 0 Å². The molecule has 0 spiro atoms. The summed E-state index contributed by atoms with van der Waals surface area (Å²) in [5.41, 5.74) is 6.05. The van der Waals surface area contributed by atoms with E-state index in [0.717, 1.165) is 6.16 Å². The highest BCUT2D eigenvalue weighted by atomic mass is 31.1. The molecule has 0 aromatic heterocycles. The predicted octanol–water partition coefficient (Wildman–Crippen LogP) is 2.47. The molecule has 0 aliphatic heterocycles. The number of benzene rings is 1. The standard InChI is InChI=1S/C10H16NP/c1-2-3-9-12(11)10-7-5-4-6-8-10/h4-8H,2-3,9,11H2,1H3/t12-/m1/s1. The lowest BCUT2D eigenvalue weighted by Gasteiger charge is -2.10. The van der Waals surface area contributed by atoms with Gasteiger partial charge in [-0.15, -0.1) is 0 Å². The van der Waals surface area contributed by atoms with E-state index in [1.54, 1.807) is 0 Å². The Labute approximate surface area is 75.8 Å². The molecule has 0 aliphatic rings. The average molecular weight is 181 g/mol. The van der Waals surface area contributed by atoms with E-state index in [4.69, 9.17) is 5.50 Å². The van der Waals surface area contributed by atoms with Gasteiger partial charge < -0.3 is 5.50 Å². The van der Waals surface area contributed by atoms with E-state index in [1.165, 1.54) is 18.1 Å². The van der Waals surface area contributed by atoms with Crippen molar-refractivity contribution in [1.82, 2.24) is 0 Å². The highest BCUT2D eigenvalue weighted by Gasteiger charge is 2.02. The summed E-state index contributed by atoms with van der Waals surface area (Å²) < 4.78 is 0. The minimum absolute atomic E-state index is 0.382. The molecule has 0 bridgehead atoms. The fraction of sp³-hybridized carbons (Fsp3) is 0.400. The van der Waals surface area contributed by atoms with Crippen LogP contribution in [0.15, 0.2) is 30.3 Å². The summed E-state index contributed by atoms with van der Waals surface area (Å²) in [4.78, 5) is 0. The molecule has 0 aliphatic carbocycles. The van der Waals surface area contributed by atoms with E-state index in [9.17, 15) is 0 Å². The van der Waals surface area contributed by atoms with E-state index in [2.05, 4.69) is 31.2 Å². The van der Waals surface area contributed by atoms with Crippen molar-refractivity contribution >= 4 is 13.4 Å². The maximum Gasteiger partial charge on any atom is -0.00962 e. The first-order valence-corrected chi connectivity index (χ1v) is 6.01. The van der Waals surface area contributed by atoms with Crippen LogP contribution in [0.5, 0.6) is 0 Å². The third kappa shape index (κ3) is 2.92. The van der Waals surface area contributed by atoms with E-state index >= 15 is 0 Å². The second-order valence-corrected chi connectivity index (χ2v) is 4.79. The third-order valence-electron chi connectivity index (χ3n) is 1.84. The number of rotatable bonds is 4. The van der Waals surface area contributed by atoms with Crippen LogP contribution in [-0.4, -0.2) is 6.16 Å². The van der Waals surface area contributed by atoms with E-state index < -0.39 is 0 Å². The number of hydrogen-bond acceptors (Lipinski definition) is 1. The van der Waals surface area contributed by atoms with Crippen molar-refractivity contribution in [1.29, 1.82) is 0 Å². The molecule has 0 heterocycles. The summed E-state index contributed by atoms with van der Waals surface area (Å²) >= 11 is 0. The molecule has 12 heavy (non-hydrogen) atoms. The summed E-state index contributed by atoms with van der Waals surface area (Å²) in [6.07, 6.45) is 3.65. The van der Waals surface area contributed by atoms with Crippen LogP contribution in [0.2, 0.25) is 0 Å². The zero-order valence-electron chi connectivity index (χ0n) is 7.53. The van der Waals surface area contributed by atoms with Crippen LogP contribution in [0, 0.1) is 0 Å². The van der Waals surface area contributed by atoms with Crippen molar-refractivity contribution in [2.45, 2.75) is 19.8 Å². The van der Waals surface area contributed by atoms with Crippen LogP contribution in [0.3, 0.4) is 0 Å². The van der Waals surface area contributed by atoms with E-state index in [1.807, 2.05) is 6.07 Å². The smallest absolute Gasteiger partial charge is 0.00962 e. The molecule has 2 N–H and O–H groups in total. The molecule has 66 valence electrons. The molecular formula is C10H16NP. The average Bonchev–Trinajstić information content (AvgIpc) is 2.15. The highest BCUT2D eigenvalue weighted by molar-refractivity contribution is 7.63. The van der Waals surface area contributed by atoms with Gasteiger partial charge in [0.05, 0.1) is 0 Å². The minimum Gasteiger partial charge on any atom is -0.306 e. The number of nitrogens with two attached hydrogens (primary N) is 1. The maximum absolute atomic E-state index is 6.05. The van der Waals surface area contributed by atoms with Crippen molar-refractivity contribution in [3.63, 3.8) is 0 Å². The molecule has 1 rings (SSSR count). The lowest BCUT2D eigenvalue weighted by Crippen LogP contribution is -2.08. The zero-order chi connectivity index (χ0) is 8.81. The number of hydrogen-bond donors (Lipinski definition) is 1. The summed E-state index contributed by atoms with van der Waals surface area (Å²) in [5.74, 6) is 0. The Hall–Kier alpha value is -0.390. The van der Waals surface area contributed by atoms with Crippen molar-refractivity contribution in [3.8, 4) is 0 Å². The molecular weight excluding hydrogens is 165 g/mol. The molecule has 0 saturated carbocycles. The first-order chi connectivity index (χ1) is 5.84. The van der Waals surface area contributed by atoms with Gasteiger partial charge in [0.1, 0.15) is 0 Å². The van der Waals surface area contributed by atoms with Crippen LogP contribution in [0.25, 0.3) is 0 Å². The second-order valence-electron chi connectivity index (χ2n) is 2.88. The lowest BCUT2D eigenvalue weighted by molar-refractivity contribution is 0.892. The molecule has 0 saturated heterocycles. The molecule has 0 unspecified atom stereocenters. The van der Waals surface area contributed by atoms with Crippen molar-refractivity contribution in [3.05, 3.63) is 30.3 Å². The quantitative estimate of drug-likeness (QED) is 0.709. The van der Waals surface area contributed by atoms with Gasteiger partial charge >= 0.3 is 0 Å². The molecule has 1 nitrogen and oxygen atoms in total. The molecule has 1 aromatic carbocycles. The Kier molecular flexibility index (Phi) is 4.27. The second kappa shape index (κ2) is 5.29. The molecule has 1 atom stereocenters. The van der Waals surface area contributed by atoms with Gasteiger partial charge in [-0.2, -0.15) is 0 Å². The summed E-state index contributed by atoms with van der Waals surface area (Å²) in [7, 11) is -0.382. The van der Waals surface area contributed by atoms with Gasteiger partial charge in [-0.3, -0.25) is 0 Å². The fourth-order valence-corrected chi connectivity index (χ4v) is 2.55. The Balaban J connectivity index is 2.48. The highest BCUT2D eigenvalue weighted by Crippen LogP contribution is 2.25. The molecule has 0 fully saturated rings. The van der Waals surface area contributed by atoms with Gasteiger partial charge in [-0.25, -0.2) is 0 Å². The SMILES string of the molecule is CCCC[P@@](N)c1ccccc1. The van der Waals surface area contributed by atoms with E-state index in [-0.39, 0.29) is 8.07 Å². The zero-order valence-corrected chi connectivity index (χ0v) is 8.43. The lowest BCUT2D eigenvalue weighted by atomic mass is 10.4. The van der Waals surface area contributed by atoms with Crippen LogP contribution < -0.4 is 10.8 Å². The summed E-state index contributed by atoms with van der Waals surface area (Å²) in [6, 6.07) is 10.4. The Morgan fingerprint density at radius 1 is 1.25 bits per heavy atom. The van der Waals surface area contributed by atoms with E-state index in [0.29, 0.717) is 0 Å². The van der Waals surface area contributed by atoms with Crippen LogP contribution in [0.4, 0.5) is 0 Å². The first kappa shape index (κ1) is 9.70. The Morgan fingerprint density at radius 3 is 2.50 bits per heavy atom. The molecule has 0 amide bonds. The Bertz CT molecular complexity index is 210. The molecule has 1 aromatic rings. The first-order valence-electron chi connectivity index (χ1n) is 4.42. The fourth-order valence-electron chi connectivity index (χ4n) is 1.08. The van der Waals surface area contributed by atoms with Gasteiger partial charge in [0.2, 0.25) is 0 Å². The van der Waals surface area contributed by atoms with Gasteiger partial charge in [-0.1, -0.05) is 43.7 Å². The van der Waals surface area contributed by atoms with Crippen molar-refractivity contribution in [2.75, 3.05) is 6.16 Å². The van der Waals surface area contributed by atoms with Crippen LogP contribution in [-0.2, 0) is 0 Å². The van der Waals surface area contributed by atoms with Gasteiger partial charge in [0.25, 0.3) is 0 Å². The predicted molar refractivity (Wildman–Crippen MR) is 57.0 cm³/mol. The third-order valence-corrected chi connectivity index (χ3v) is 3.60. The monoisotopic (exact) mass is 181 g/mol. The summed E-state index contributed by atoms with van der Waals surface area (Å²) in [6.45, 7) is 2.20. The number of unbranched alkanes of at least 4 members (excludes halogenated alkanes) is 1. The van der Waals surface area contributed by atoms with Crippen LogP contribution >= 0.6 is 8.07 Å². The summed E-state index contributed by atoms with van der Waals surface area (Å²) in [5, 5.41) is 1.32. The van der Waals surface area contributed by atoms with Gasteiger partial charge in [0.15, 0.2) is 0 Å². The Morgan fingerprint density at radius 2 is 1.92 bits per heavy atom. The molecule has 0 radical (unpaired) electrons. The maximum atomic E-state index is 6.05. The largest absolute Gasteiger partial charge is 0.306 e. The molecule has 2 heteroatoms. The minimum atomic E-state index is -0.382. The normalized spacial score (nSPS) is 12.8. The van der Waals surface area contributed by atoms with Crippen molar-refractivity contribution in [2.24, 2.45) is 5.50 Å². The topological polar surface area (TPSA) is 26.0 Å². The van der Waals surface area contributed by atoms with Gasteiger partial charge in [-0.05, 0) is 26.0 Å². The van der Waals surface area contributed by atoms with Crippen LogP contribution in [0.1, 0.15) is 19.8 Å². The van der Waals surface area contributed by atoms with Crippen molar-refractivity contribution < 1.29 is 0 Å².